The predicted octanol–water partition coefficient (Wildman–Crippen LogP) is 11.2. The number of ether oxygens (including phenoxy) is 2. The van der Waals surface area contributed by atoms with E-state index in [-0.39, 0.29) is 52.8 Å². The van der Waals surface area contributed by atoms with Gasteiger partial charge >= 0.3 is 42.6 Å². The molecule has 0 N–H and O–H groups in total. The van der Waals surface area contributed by atoms with E-state index < -0.39 is 25.9 Å². The van der Waals surface area contributed by atoms with Crippen LogP contribution >= 0.6 is 0 Å². The summed E-state index contributed by atoms with van der Waals surface area (Å²) in [5.74, 6) is -1.11. The van der Waals surface area contributed by atoms with Gasteiger partial charge in [0.2, 0.25) is 0 Å². The average Bonchev–Trinajstić information content (AvgIpc) is 3.40. The molecule has 1 radical (unpaired) electrons. The second-order valence-electron chi connectivity index (χ2n) is 14.5. The first-order chi connectivity index (χ1) is 33.4. The minimum absolute atomic E-state index is 0. The van der Waals surface area contributed by atoms with Crippen LogP contribution in [0.1, 0.15) is 61.8 Å². The van der Waals surface area contributed by atoms with E-state index in [1.165, 1.54) is 0 Å². The van der Waals surface area contributed by atoms with Crippen LogP contribution in [0.25, 0.3) is 0 Å². The zero-order valence-corrected chi connectivity index (χ0v) is 39.0. The summed E-state index contributed by atoms with van der Waals surface area (Å²) in [5.41, 5.74) is 0.725. The maximum atomic E-state index is 17.4. The van der Waals surface area contributed by atoms with E-state index in [4.69, 9.17) is 38.0 Å². The quantitative estimate of drug-likeness (QED) is 0.0973. The fraction of sp³-hybridized carbons (Fsp3) is 0.160. The molecule has 0 atom stereocenters. The summed E-state index contributed by atoms with van der Waals surface area (Å²) in [6.07, 6.45) is 2.50. The summed E-state index contributed by atoms with van der Waals surface area (Å²) in [6.45, 7) is 3.94. The van der Waals surface area contributed by atoms with Crippen LogP contribution in [-0.2, 0) is 54.8 Å². The molecule has 0 aromatic heterocycles. The molecule has 14 nitrogen and oxygen atoms in total. The molecule has 3 heterocycles. The first-order valence-electron chi connectivity index (χ1n) is 22.1. The molecule has 6 aromatic rings. The molecule has 0 amide bonds. The summed E-state index contributed by atoms with van der Waals surface area (Å²) < 4.78 is 79.1. The van der Waals surface area contributed by atoms with Crippen molar-refractivity contribution in [3.05, 3.63) is 216 Å². The Bertz CT molecular complexity index is 2250. The van der Waals surface area contributed by atoms with Gasteiger partial charge in [-0.25, -0.2) is 0 Å². The van der Waals surface area contributed by atoms with Gasteiger partial charge in [0.25, 0.3) is 0 Å². The third-order valence-corrected chi connectivity index (χ3v) is 9.23. The summed E-state index contributed by atoms with van der Waals surface area (Å²) >= 11 is 0. The summed E-state index contributed by atoms with van der Waals surface area (Å²) in [6, 6.07) is 57.6. The molecule has 0 saturated carbocycles. The van der Waals surface area contributed by atoms with E-state index in [9.17, 15) is 0 Å². The van der Waals surface area contributed by atoms with Gasteiger partial charge in [-0.1, -0.05) is 231 Å². The van der Waals surface area contributed by atoms with E-state index in [2.05, 4.69) is 30.9 Å². The monoisotopic (exact) mass is 981 g/mol. The second kappa shape index (κ2) is 28.4. The Balaban J connectivity index is 0.000000594. The van der Waals surface area contributed by atoms with Gasteiger partial charge in [0.15, 0.2) is 0 Å². The van der Waals surface area contributed by atoms with Gasteiger partial charge in [-0.05, 0) is 12.8 Å². The third kappa shape index (κ3) is 16.8. The van der Waals surface area contributed by atoms with Crippen LogP contribution < -0.4 is 0 Å². The zero-order chi connectivity index (χ0) is 47.5. The molecule has 0 unspecified atom stereocenters. The van der Waals surface area contributed by atoms with Crippen LogP contribution in [0, 0.1) is 0 Å². The standard InChI is InChI=1S/C38H38B2F2N6O8.2C6H6.Co/c1-3-5-27-49-37-38(50-28-6-4-2)48-56-40(42)53-45-35(31-23-15-9-16-24-31)33(29-19-11-7-12-20-29)43-51-39(41,55-47-37)52-44-34(30-21-13-8-14-22-30)36(46-54-40)32-25-17-10-18-26-32;2*1-2-4-6-5-3-1;/h7-26H,3-6,27-28H2,1-2H3;2*1-6H;/q-2;;;+2/b43-33+,44-34+,45-35+,46-36+,47-37-,48-38-;;;. The topological polar surface area (TPSA) is 148 Å². The molecular formula is C50H50B2CoF2N6O8. The summed E-state index contributed by atoms with van der Waals surface area (Å²) in [7, 11) is -9.27. The number of fused-ring (bicyclic) bond motifs is 9. The smallest absolute Gasteiger partial charge is 0.509 e. The predicted molar refractivity (Wildman–Crippen MR) is 262 cm³/mol. The molecule has 0 saturated heterocycles. The van der Waals surface area contributed by atoms with Crippen molar-refractivity contribution in [2.75, 3.05) is 13.2 Å². The molecule has 69 heavy (non-hydrogen) atoms. The minimum Gasteiger partial charge on any atom is -0.509 e. The SMILES string of the molecule is CCCCOC1=N\O[B-]2(F)O/N=C(c3ccccc3)/C(c3ccccc3)=N/O[B-](F)(O\N=C\1OCCCC)O/N=C(c1ccccc1)/C(c1ccccc1)=N/O2.[Co+2].c1ccccc1.c1ccccc1. The van der Waals surface area contributed by atoms with Gasteiger partial charge in [0.05, 0.1) is 13.2 Å². The van der Waals surface area contributed by atoms with Crippen LogP contribution in [0.15, 0.2) is 225 Å². The Labute approximate surface area is 410 Å². The van der Waals surface area contributed by atoms with Crippen molar-refractivity contribution in [3.8, 4) is 0 Å². The number of oxime groups is 6. The molecule has 9 rings (SSSR count). The molecular weight excluding hydrogens is 931 g/mol. The molecule has 3 aliphatic heterocycles. The van der Waals surface area contributed by atoms with Gasteiger partial charge in [0.1, 0.15) is 22.8 Å². The third-order valence-electron chi connectivity index (χ3n) is 9.23. The van der Waals surface area contributed by atoms with Crippen molar-refractivity contribution >= 4 is 48.7 Å². The van der Waals surface area contributed by atoms with Gasteiger partial charge in [-0.3, -0.25) is 0 Å². The Morgan fingerprint density at radius 1 is 0.348 bits per heavy atom. The molecule has 0 aliphatic carbocycles. The molecule has 0 spiro atoms. The fourth-order valence-electron chi connectivity index (χ4n) is 5.76. The van der Waals surface area contributed by atoms with Gasteiger partial charge < -0.3 is 46.6 Å². The van der Waals surface area contributed by atoms with Crippen molar-refractivity contribution in [1.82, 2.24) is 0 Å². The largest absolute Gasteiger partial charge is 2.00 e. The average molecular weight is 982 g/mol. The van der Waals surface area contributed by atoms with Gasteiger partial charge in [0, 0.05) is 22.3 Å². The Hall–Kier alpha value is -7.76. The van der Waals surface area contributed by atoms with E-state index in [1.807, 2.05) is 86.6 Å². The van der Waals surface area contributed by atoms with E-state index in [0.717, 1.165) is 0 Å². The van der Waals surface area contributed by atoms with Crippen molar-refractivity contribution in [1.29, 1.82) is 0 Å². The van der Waals surface area contributed by atoms with Crippen LogP contribution in [-0.4, -0.2) is 61.9 Å². The Morgan fingerprint density at radius 2 is 0.551 bits per heavy atom. The van der Waals surface area contributed by atoms with Crippen molar-refractivity contribution in [2.24, 2.45) is 30.9 Å². The molecule has 3 aliphatic rings. The number of nitrogens with zero attached hydrogens (tertiary/aromatic N) is 6. The Kier molecular flexibility index (Phi) is 21.5. The minimum atomic E-state index is -4.63. The summed E-state index contributed by atoms with van der Waals surface area (Å²) in [4.78, 5) is 0. The van der Waals surface area contributed by atoms with Gasteiger partial charge in [-0.2, -0.15) is 0 Å². The fourth-order valence-corrected chi connectivity index (χ4v) is 5.76. The Morgan fingerprint density at radius 3 is 0.768 bits per heavy atom. The van der Waals surface area contributed by atoms with Crippen LogP contribution in [0.4, 0.5) is 8.63 Å². The maximum Gasteiger partial charge on any atom is 2.00 e. The molecule has 6 aromatic carbocycles. The first kappa shape index (κ1) is 52.2. The van der Waals surface area contributed by atoms with Crippen LogP contribution in [0.5, 0.6) is 0 Å². The van der Waals surface area contributed by atoms with E-state index in [0.29, 0.717) is 47.9 Å². The van der Waals surface area contributed by atoms with Crippen LogP contribution in [0.2, 0.25) is 0 Å². The van der Waals surface area contributed by atoms with E-state index in [1.54, 1.807) is 121 Å². The number of hydrogen-bond acceptors (Lipinski definition) is 14. The van der Waals surface area contributed by atoms with Crippen molar-refractivity contribution in [2.45, 2.75) is 39.5 Å². The van der Waals surface area contributed by atoms with E-state index >= 15 is 8.63 Å². The number of halogens is 2. The zero-order valence-electron chi connectivity index (χ0n) is 37.9. The van der Waals surface area contributed by atoms with Gasteiger partial charge in [-0.15, -0.1) is 20.6 Å². The maximum absolute atomic E-state index is 17.4. The number of rotatable bonds is 10. The molecule has 2 bridgehead atoms. The van der Waals surface area contributed by atoms with Crippen molar-refractivity contribution in [3.63, 3.8) is 0 Å². The normalized spacial score (nSPS) is 22.2. The molecule has 0 fully saturated rings. The molecule has 357 valence electrons. The number of hydrogen-bond donors (Lipinski definition) is 0. The van der Waals surface area contributed by atoms with Crippen LogP contribution in [0.3, 0.4) is 0 Å². The first-order valence-corrected chi connectivity index (χ1v) is 22.1. The molecule has 19 heteroatoms. The van der Waals surface area contributed by atoms with Crippen molar-refractivity contribution < 1.29 is 63.4 Å². The number of benzene rings is 6. The number of unbranched alkanes of at least 4 members (excludes halogenated alkanes) is 2. The second-order valence-corrected chi connectivity index (χ2v) is 14.5. The summed E-state index contributed by atoms with van der Waals surface area (Å²) in [5, 5.41) is 24.2.